The zero-order valence-corrected chi connectivity index (χ0v) is 21.2. The molecule has 1 aromatic carbocycles. The van der Waals surface area contributed by atoms with Gasteiger partial charge in [-0.1, -0.05) is 12.1 Å². The Labute approximate surface area is 211 Å². The molecule has 3 fully saturated rings. The zero-order valence-electron chi connectivity index (χ0n) is 20.4. The number of rotatable bonds is 7. The molecule has 6 rings (SSSR count). The molecule has 4 heterocycles. The molecule has 2 aliphatic heterocycles. The van der Waals surface area contributed by atoms with Crippen molar-refractivity contribution in [2.24, 2.45) is 5.92 Å². The maximum Gasteiger partial charge on any atom is 0.152 e. The molecule has 1 aliphatic carbocycles. The Kier molecular flexibility index (Phi) is 6.35. The van der Waals surface area contributed by atoms with Crippen LogP contribution in [0.25, 0.3) is 22.2 Å². The summed E-state index contributed by atoms with van der Waals surface area (Å²) in [6, 6.07) is 8.43. The summed E-state index contributed by atoms with van der Waals surface area (Å²) in [5.41, 5.74) is 9.24. The maximum atomic E-state index is 11.7. The molecule has 2 saturated heterocycles. The van der Waals surface area contributed by atoms with Crippen LogP contribution in [0.15, 0.2) is 36.8 Å². The van der Waals surface area contributed by atoms with Gasteiger partial charge in [-0.2, -0.15) is 0 Å². The van der Waals surface area contributed by atoms with E-state index in [0.29, 0.717) is 37.5 Å². The summed E-state index contributed by atoms with van der Waals surface area (Å²) in [5.74, 6) is 2.41. The van der Waals surface area contributed by atoms with Crippen molar-refractivity contribution in [1.82, 2.24) is 19.4 Å². The predicted octanol–water partition coefficient (Wildman–Crippen LogP) is 2.92. The van der Waals surface area contributed by atoms with Crippen LogP contribution in [0, 0.1) is 5.92 Å². The number of nitrogens with two attached hydrogens (primary N) is 1. The van der Waals surface area contributed by atoms with E-state index in [1.54, 1.807) is 0 Å². The molecule has 36 heavy (non-hydrogen) atoms. The first-order valence-corrected chi connectivity index (χ1v) is 14.7. The van der Waals surface area contributed by atoms with Crippen molar-refractivity contribution in [3.8, 4) is 16.9 Å². The number of sulfone groups is 1. The number of nitrogens with zero attached hydrogens (tertiary/aromatic N) is 4. The van der Waals surface area contributed by atoms with Gasteiger partial charge in [-0.25, -0.2) is 18.4 Å². The SMILES string of the molecule is Nc1ncnc2c1c(-c1cccc(OC[C@@H]3CCCO3)c1)cn2[C@H]1C[C@@H](CN2CCS(=O)(=O)CC2)C1. The molecule has 9 nitrogen and oxygen atoms in total. The van der Waals surface area contributed by atoms with E-state index in [1.165, 1.54) is 6.33 Å². The average Bonchev–Trinajstić information content (AvgIpc) is 3.50. The van der Waals surface area contributed by atoms with Crippen LogP contribution in [0.1, 0.15) is 31.7 Å². The fourth-order valence-electron chi connectivity index (χ4n) is 5.70. The second-order valence-corrected chi connectivity index (χ2v) is 12.6. The van der Waals surface area contributed by atoms with E-state index in [4.69, 9.17) is 15.2 Å². The lowest BCUT2D eigenvalue weighted by Crippen LogP contribution is -2.44. The van der Waals surface area contributed by atoms with E-state index in [0.717, 1.165) is 66.7 Å². The van der Waals surface area contributed by atoms with Crippen LogP contribution in [0.4, 0.5) is 5.82 Å². The Morgan fingerprint density at radius 2 is 2.00 bits per heavy atom. The van der Waals surface area contributed by atoms with Crippen LogP contribution in [0.3, 0.4) is 0 Å². The van der Waals surface area contributed by atoms with E-state index >= 15 is 0 Å². The van der Waals surface area contributed by atoms with Gasteiger partial charge in [0.15, 0.2) is 9.84 Å². The monoisotopic (exact) mass is 511 g/mol. The molecular weight excluding hydrogens is 478 g/mol. The number of hydrogen-bond acceptors (Lipinski definition) is 8. The number of benzene rings is 1. The van der Waals surface area contributed by atoms with Gasteiger partial charge in [-0.3, -0.25) is 0 Å². The normalized spacial score (nSPS) is 26.2. The Morgan fingerprint density at radius 1 is 1.17 bits per heavy atom. The maximum absolute atomic E-state index is 11.7. The second-order valence-electron chi connectivity index (χ2n) is 10.3. The van der Waals surface area contributed by atoms with E-state index in [1.807, 2.05) is 12.1 Å². The third-order valence-corrected chi connectivity index (χ3v) is 9.41. The highest BCUT2D eigenvalue weighted by atomic mass is 32.2. The Hall–Kier alpha value is -2.69. The molecular formula is C26H33N5O4S. The van der Waals surface area contributed by atoms with Crippen molar-refractivity contribution in [2.45, 2.75) is 37.8 Å². The highest BCUT2D eigenvalue weighted by molar-refractivity contribution is 7.91. The van der Waals surface area contributed by atoms with Crippen LogP contribution in [-0.4, -0.2) is 78.3 Å². The zero-order chi connectivity index (χ0) is 24.7. The molecule has 3 aliphatic rings. The van der Waals surface area contributed by atoms with Crippen molar-refractivity contribution in [2.75, 3.05) is 50.1 Å². The van der Waals surface area contributed by atoms with Gasteiger partial charge >= 0.3 is 0 Å². The molecule has 1 saturated carbocycles. The number of nitrogen functional groups attached to an aromatic ring is 1. The van der Waals surface area contributed by atoms with Gasteiger partial charge < -0.3 is 24.7 Å². The predicted molar refractivity (Wildman–Crippen MR) is 139 cm³/mol. The first kappa shape index (κ1) is 23.7. The molecule has 0 amide bonds. The van der Waals surface area contributed by atoms with Gasteiger partial charge in [0.2, 0.25) is 0 Å². The molecule has 3 aromatic rings. The lowest BCUT2D eigenvalue weighted by Gasteiger charge is -2.40. The number of fused-ring (bicyclic) bond motifs is 1. The largest absolute Gasteiger partial charge is 0.491 e. The van der Waals surface area contributed by atoms with Crippen molar-refractivity contribution in [3.05, 3.63) is 36.8 Å². The van der Waals surface area contributed by atoms with Gasteiger partial charge in [-0.05, 0) is 49.3 Å². The lowest BCUT2D eigenvalue weighted by molar-refractivity contribution is 0.0680. The molecule has 10 heteroatoms. The van der Waals surface area contributed by atoms with E-state index < -0.39 is 9.84 Å². The van der Waals surface area contributed by atoms with Crippen LogP contribution in [0.2, 0.25) is 0 Å². The Balaban J connectivity index is 1.19. The first-order valence-electron chi connectivity index (χ1n) is 12.8. The van der Waals surface area contributed by atoms with Crippen molar-refractivity contribution < 1.29 is 17.9 Å². The van der Waals surface area contributed by atoms with Crippen LogP contribution >= 0.6 is 0 Å². The van der Waals surface area contributed by atoms with E-state index in [-0.39, 0.29) is 17.6 Å². The quantitative estimate of drug-likeness (QED) is 0.515. The highest BCUT2D eigenvalue weighted by Gasteiger charge is 2.34. The smallest absolute Gasteiger partial charge is 0.152 e. The lowest BCUT2D eigenvalue weighted by atomic mass is 9.79. The fraction of sp³-hybridized carbons (Fsp3) is 0.538. The van der Waals surface area contributed by atoms with E-state index in [9.17, 15) is 8.42 Å². The number of aromatic nitrogens is 3. The average molecular weight is 512 g/mol. The standard InChI is InChI=1S/C26H33N5O4S/c27-25-24-23(19-3-1-4-21(13-19)35-16-22-5-2-8-34-22)15-31(26(24)29-17-28-25)20-11-18(12-20)14-30-6-9-36(32,33)10-7-30/h1,3-4,13,15,17-18,20,22H,2,5-12,14,16H2,(H2,27,28,29)/t18-,20+,22-/m0/s1. The summed E-state index contributed by atoms with van der Waals surface area (Å²) >= 11 is 0. The molecule has 0 spiro atoms. The van der Waals surface area contributed by atoms with Gasteiger partial charge in [0.25, 0.3) is 0 Å². The first-order chi connectivity index (χ1) is 17.4. The Bertz CT molecular complexity index is 1330. The Morgan fingerprint density at radius 3 is 2.78 bits per heavy atom. The second kappa shape index (κ2) is 9.64. The third-order valence-electron chi connectivity index (χ3n) is 7.80. The highest BCUT2D eigenvalue weighted by Crippen LogP contribution is 2.43. The number of ether oxygens (including phenoxy) is 2. The molecule has 2 aromatic heterocycles. The van der Waals surface area contributed by atoms with Crippen LogP contribution < -0.4 is 10.5 Å². The number of hydrogen-bond donors (Lipinski definition) is 1. The summed E-state index contributed by atoms with van der Waals surface area (Å²) in [5, 5.41) is 0.874. The van der Waals surface area contributed by atoms with Crippen LogP contribution in [0.5, 0.6) is 5.75 Å². The topological polar surface area (TPSA) is 113 Å². The molecule has 192 valence electrons. The van der Waals surface area contributed by atoms with Crippen molar-refractivity contribution >= 4 is 26.7 Å². The minimum Gasteiger partial charge on any atom is -0.491 e. The van der Waals surface area contributed by atoms with Crippen molar-refractivity contribution in [3.63, 3.8) is 0 Å². The minimum atomic E-state index is -2.84. The molecule has 2 N–H and O–H groups in total. The molecule has 1 atom stereocenters. The van der Waals surface area contributed by atoms with Gasteiger partial charge in [-0.15, -0.1) is 0 Å². The minimum absolute atomic E-state index is 0.167. The summed E-state index contributed by atoms with van der Waals surface area (Å²) in [6.45, 7) is 3.63. The number of anilines is 1. The van der Waals surface area contributed by atoms with Gasteiger partial charge in [0.1, 0.15) is 30.1 Å². The van der Waals surface area contributed by atoms with E-state index in [2.05, 4.69) is 37.8 Å². The fourth-order valence-corrected chi connectivity index (χ4v) is 6.98. The van der Waals surface area contributed by atoms with Gasteiger partial charge in [0.05, 0.1) is 23.0 Å². The summed E-state index contributed by atoms with van der Waals surface area (Å²) in [6.07, 6.45) is 8.07. The summed E-state index contributed by atoms with van der Waals surface area (Å²) in [4.78, 5) is 11.2. The summed E-state index contributed by atoms with van der Waals surface area (Å²) in [7, 11) is -2.84. The molecule has 0 bridgehead atoms. The molecule has 0 unspecified atom stereocenters. The van der Waals surface area contributed by atoms with Gasteiger partial charge in [0, 0.05) is 44.0 Å². The van der Waals surface area contributed by atoms with Crippen LogP contribution in [-0.2, 0) is 14.6 Å². The van der Waals surface area contributed by atoms with Crippen molar-refractivity contribution in [1.29, 1.82) is 0 Å². The molecule has 0 radical (unpaired) electrons. The summed E-state index contributed by atoms with van der Waals surface area (Å²) < 4.78 is 37.4. The third kappa shape index (κ3) is 4.81.